The second-order valence-corrected chi connectivity index (χ2v) is 4.46. The fraction of sp³-hybridized carbons (Fsp3) is 0.308. The molecule has 0 spiro atoms. The van der Waals surface area contributed by atoms with E-state index in [1.807, 2.05) is 0 Å². The Morgan fingerprint density at radius 1 is 1.26 bits per heavy atom. The van der Waals surface area contributed by atoms with E-state index in [0.717, 1.165) is 0 Å². The Labute approximate surface area is 110 Å². The summed E-state index contributed by atoms with van der Waals surface area (Å²) >= 11 is 0. The molecule has 1 aliphatic heterocycles. The Morgan fingerprint density at radius 2 is 1.84 bits per heavy atom. The number of hydrogen-bond acceptors (Lipinski definition) is 3. The first-order valence-corrected chi connectivity index (χ1v) is 5.88. The molecule has 2 rings (SSSR count). The van der Waals surface area contributed by atoms with Crippen molar-refractivity contribution in [2.45, 2.75) is 12.5 Å². The predicted molar refractivity (Wildman–Crippen MR) is 66.9 cm³/mol. The van der Waals surface area contributed by atoms with Gasteiger partial charge in [-0.1, -0.05) is 0 Å². The molecule has 1 aromatic rings. The van der Waals surface area contributed by atoms with Gasteiger partial charge in [0, 0.05) is 19.2 Å². The molecule has 2 N–H and O–H groups in total. The van der Waals surface area contributed by atoms with Gasteiger partial charge in [0.25, 0.3) is 5.91 Å². The average molecular weight is 262 g/mol. The van der Waals surface area contributed by atoms with Crippen LogP contribution < -0.4 is 5.32 Å². The van der Waals surface area contributed by atoms with Crippen molar-refractivity contribution in [2.24, 2.45) is 0 Å². The molecule has 1 saturated heterocycles. The molecule has 100 valence electrons. The number of nitrogens with zero attached hydrogens (tertiary/aromatic N) is 1. The standard InChI is InChI=1S/C13H14N2O4/c1-15-7-6-10(12(15)17)14-11(16)8-2-4-9(5-3-8)13(18)19/h2-5,10H,6-7H2,1H3,(H,14,16)(H,18,19). The van der Waals surface area contributed by atoms with Crippen molar-refractivity contribution in [3.05, 3.63) is 35.4 Å². The monoisotopic (exact) mass is 262 g/mol. The van der Waals surface area contributed by atoms with Crippen molar-refractivity contribution < 1.29 is 19.5 Å². The zero-order chi connectivity index (χ0) is 14.0. The molecule has 0 aromatic heterocycles. The topological polar surface area (TPSA) is 86.7 Å². The molecule has 0 radical (unpaired) electrons. The number of carboxylic acid groups (broad SMARTS) is 1. The number of carbonyl (C=O) groups excluding carboxylic acids is 2. The van der Waals surface area contributed by atoms with Gasteiger partial charge in [-0.2, -0.15) is 0 Å². The highest BCUT2D eigenvalue weighted by Gasteiger charge is 2.30. The Morgan fingerprint density at radius 3 is 2.32 bits per heavy atom. The summed E-state index contributed by atoms with van der Waals surface area (Å²) in [6, 6.07) is 5.10. The molecule has 1 heterocycles. The van der Waals surface area contributed by atoms with E-state index < -0.39 is 12.0 Å². The van der Waals surface area contributed by atoms with Crippen LogP contribution in [0.3, 0.4) is 0 Å². The molecule has 1 atom stereocenters. The molecule has 1 fully saturated rings. The Hall–Kier alpha value is -2.37. The first-order valence-electron chi connectivity index (χ1n) is 5.88. The van der Waals surface area contributed by atoms with Crippen molar-refractivity contribution in [2.75, 3.05) is 13.6 Å². The molecule has 2 amide bonds. The van der Waals surface area contributed by atoms with Gasteiger partial charge in [-0.05, 0) is 30.7 Å². The smallest absolute Gasteiger partial charge is 0.335 e. The third kappa shape index (κ3) is 2.73. The molecule has 0 saturated carbocycles. The number of amides is 2. The highest BCUT2D eigenvalue weighted by Crippen LogP contribution is 2.10. The van der Waals surface area contributed by atoms with Crippen LogP contribution in [0, 0.1) is 0 Å². The predicted octanol–water partition coefficient (Wildman–Crippen LogP) is 0.345. The summed E-state index contributed by atoms with van der Waals surface area (Å²) in [5.41, 5.74) is 0.459. The maximum absolute atomic E-state index is 11.9. The lowest BCUT2D eigenvalue weighted by Crippen LogP contribution is -2.40. The zero-order valence-corrected chi connectivity index (χ0v) is 10.4. The molecule has 1 unspecified atom stereocenters. The van der Waals surface area contributed by atoms with E-state index in [1.54, 1.807) is 11.9 Å². The molecule has 0 bridgehead atoms. The molecule has 19 heavy (non-hydrogen) atoms. The highest BCUT2D eigenvalue weighted by molar-refractivity contribution is 5.98. The number of likely N-dealkylation sites (N-methyl/N-ethyl adjacent to an activating group) is 1. The van der Waals surface area contributed by atoms with Gasteiger partial charge in [0.2, 0.25) is 5.91 Å². The molecular weight excluding hydrogens is 248 g/mol. The Balaban J connectivity index is 2.04. The first kappa shape index (κ1) is 13.1. The minimum absolute atomic E-state index is 0.101. The van der Waals surface area contributed by atoms with Gasteiger partial charge in [0.05, 0.1) is 5.56 Å². The van der Waals surface area contributed by atoms with Gasteiger partial charge in [-0.25, -0.2) is 4.79 Å². The second kappa shape index (κ2) is 5.09. The third-order valence-electron chi connectivity index (χ3n) is 3.13. The summed E-state index contributed by atoms with van der Waals surface area (Å²) in [5.74, 6) is -1.51. The van der Waals surface area contributed by atoms with Gasteiger partial charge in [0.15, 0.2) is 0 Å². The molecule has 1 aromatic carbocycles. The lowest BCUT2D eigenvalue weighted by atomic mass is 10.1. The number of rotatable bonds is 3. The van der Waals surface area contributed by atoms with Gasteiger partial charge in [0.1, 0.15) is 6.04 Å². The molecule has 1 aliphatic rings. The normalized spacial score (nSPS) is 18.5. The van der Waals surface area contributed by atoms with E-state index in [-0.39, 0.29) is 17.4 Å². The van der Waals surface area contributed by atoms with Gasteiger partial charge in [-0.3, -0.25) is 9.59 Å². The van der Waals surface area contributed by atoms with E-state index in [0.29, 0.717) is 18.5 Å². The number of carboxylic acids is 1. The lowest BCUT2D eigenvalue weighted by Gasteiger charge is -2.12. The Bertz CT molecular complexity index is 524. The van der Waals surface area contributed by atoms with Crippen molar-refractivity contribution in [1.82, 2.24) is 10.2 Å². The van der Waals surface area contributed by atoms with Crippen LogP contribution in [0.4, 0.5) is 0 Å². The Kier molecular flexibility index (Phi) is 3.50. The van der Waals surface area contributed by atoms with E-state index in [1.165, 1.54) is 24.3 Å². The van der Waals surface area contributed by atoms with Crippen LogP contribution in [-0.2, 0) is 4.79 Å². The molecule has 6 nitrogen and oxygen atoms in total. The highest BCUT2D eigenvalue weighted by atomic mass is 16.4. The van der Waals surface area contributed by atoms with Gasteiger partial charge >= 0.3 is 5.97 Å². The quantitative estimate of drug-likeness (QED) is 0.822. The van der Waals surface area contributed by atoms with Crippen LogP contribution in [0.1, 0.15) is 27.1 Å². The van der Waals surface area contributed by atoms with Crippen LogP contribution in [-0.4, -0.2) is 47.4 Å². The number of hydrogen-bond donors (Lipinski definition) is 2. The van der Waals surface area contributed by atoms with Crippen LogP contribution >= 0.6 is 0 Å². The third-order valence-corrected chi connectivity index (χ3v) is 3.13. The van der Waals surface area contributed by atoms with Gasteiger partial charge in [-0.15, -0.1) is 0 Å². The van der Waals surface area contributed by atoms with Gasteiger partial charge < -0.3 is 15.3 Å². The second-order valence-electron chi connectivity index (χ2n) is 4.46. The number of likely N-dealkylation sites (tertiary alicyclic amines) is 1. The summed E-state index contributed by atoms with van der Waals surface area (Å²) in [6.07, 6.45) is 0.592. The summed E-state index contributed by atoms with van der Waals surface area (Å²) in [7, 11) is 1.69. The summed E-state index contributed by atoms with van der Waals surface area (Å²) in [5, 5.41) is 11.4. The van der Waals surface area contributed by atoms with Crippen molar-refractivity contribution in [3.63, 3.8) is 0 Å². The summed E-state index contributed by atoms with van der Waals surface area (Å²) in [6.45, 7) is 0.627. The molecule has 0 aliphatic carbocycles. The van der Waals surface area contributed by atoms with Crippen molar-refractivity contribution in [1.29, 1.82) is 0 Å². The molecular formula is C13H14N2O4. The van der Waals surface area contributed by atoms with E-state index >= 15 is 0 Å². The van der Waals surface area contributed by atoms with E-state index in [9.17, 15) is 14.4 Å². The van der Waals surface area contributed by atoms with Crippen LogP contribution in [0.25, 0.3) is 0 Å². The minimum Gasteiger partial charge on any atom is -0.478 e. The van der Waals surface area contributed by atoms with Crippen molar-refractivity contribution in [3.8, 4) is 0 Å². The van der Waals surface area contributed by atoms with E-state index in [2.05, 4.69) is 5.32 Å². The van der Waals surface area contributed by atoms with Crippen LogP contribution in [0.15, 0.2) is 24.3 Å². The fourth-order valence-corrected chi connectivity index (χ4v) is 1.96. The SMILES string of the molecule is CN1CCC(NC(=O)c2ccc(C(=O)O)cc2)C1=O. The maximum atomic E-state index is 11.9. The number of carbonyl (C=O) groups is 3. The number of nitrogens with one attached hydrogen (secondary N) is 1. The average Bonchev–Trinajstić information content (AvgIpc) is 2.71. The largest absolute Gasteiger partial charge is 0.478 e. The molecule has 6 heteroatoms. The van der Waals surface area contributed by atoms with Crippen molar-refractivity contribution >= 4 is 17.8 Å². The zero-order valence-electron chi connectivity index (χ0n) is 10.4. The minimum atomic E-state index is -1.04. The maximum Gasteiger partial charge on any atom is 0.335 e. The van der Waals surface area contributed by atoms with Crippen LogP contribution in [0.2, 0.25) is 0 Å². The number of benzene rings is 1. The lowest BCUT2D eigenvalue weighted by molar-refractivity contribution is -0.128. The fourth-order valence-electron chi connectivity index (χ4n) is 1.96. The summed E-state index contributed by atoms with van der Waals surface area (Å²) in [4.78, 5) is 35.8. The first-order chi connectivity index (χ1) is 8.99. The van der Waals surface area contributed by atoms with E-state index in [4.69, 9.17) is 5.11 Å². The number of aromatic carboxylic acids is 1. The summed E-state index contributed by atoms with van der Waals surface area (Å²) < 4.78 is 0. The van der Waals surface area contributed by atoms with Crippen LogP contribution in [0.5, 0.6) is 0 Å².